The fraction of sp³-hybridized carbons (Fsp3) is 0.296. The van der Waals surface area contributed by atoms with E-state index in [0.717, 1.165) is 16.9 Å². The Balaban J connectivity index is 1.21. The highest BCUT2D eigenvalue weighted by molar-refractivity contribution is 8.12. The van der Waals surface area contributed by atoms with Crippen molar-refractivity contribution in [2.45, 2.75) is 43.5 Å². The van der Waals surface area contributed by atoms with Crippen LogP contribution in [0.3, 0.4) is 0 Å². The predicted molar refractivity (Wildman–Crippen MR) is 130 cm³/mol. The van der Waals surface area contributed by atoms with Gasteiger partial charge in [0.25, 0.3) is 0 Å². The number of hydrogen-bond donors (Lipinski definition) is 0. The molecule has 0 radical (unpaired) electrons. The van der Waals surface area contributed by atoms with Crippen LogP contribution in [0.5, 0.6) is 0 Å². The quantitative estimate of drug-likeness (QED) is 0.438. The summed E-state index contributed by atoms with van der Waals surface area (Å²) in [6.45, 7) is 1.44. The van der Waals surface area contributed by atoms with Crippen LogP contribution in [-0.2, 0) is 37.9 Å². The van der Waals surface area contributed by atoms with E-state index in [9.17, 15) is 0 Å². The second-order valence-electron chi connectivity index (χ2n) is 8.08. The molecular formula is C27H27NO4S. The molecule has 1 saturated heterocycles. The molecule has 0 N–H and O–H groups in total. The highest BCUT2D eigenvalue weighted by Crippen LogP contribution is 2.35. The summed E-state index contributed by atoms with van der Waals surface area (Å²) in [4.78, 5) is 4.69. The van der Waals surface area contributed by atoms with Crippen LogP contribution in [0.1, 0.15) is 16.7 Å². The van der Waals surface area contributed by atoms with E-state index >= 15 is 0 Å². The van der Waals surface area contributed by atoms with Gasteiger partial charge in [0.15, 0.2) is 12.3 Å². The fourth-order valence-electron chi connectivity index (χ4n) is 3.95. The van der Waals surface area contributed by atoms with Gasteiger partial charge in [-0.1, -0.05) is 103 Å². The van der Waals surface area contributed by atoms with Gasteiger partial charge in [0.1, 0.15) is 12.2 Å². The molecule has 2 aliphatic heterocycles. The molecule has 5 rings (SSSR count). The third kappa shape index (κ3) is 5.84. The van der Waals surface area contributed by atoms with Gasteiger partial charge in [-0.25, -0.2) is 4.99 Å². The van der Waals surface area contributed by atoms with E-state index in [1.165, 1.54) is 5.56 Å². The summed E-state index contributed by atoms with van der Waals surface area (Å²) in [5, 5.41) is 0.658. The Hall–Kier alpha value is -2.64. The molecule has 6 heteroatoms. The van der Waals surface area contributed by atoms with Gasteiger partial charge in [-0.3, -0.25) is 0 Å². The Bertz CT molecular complexity index is 1030. The maximum Gasteiger partial charge on any atom is 0.249 e. The molecule has 0 bridgehead atoms. The lowest BCUT2D eigenvalue weighted by atomic mass is 10.1. The summed E-state index contributed by atoms with van der Waals surface area (Å²) >= 11 is 1.59. The van der Waals surface area contributed by atoms with Crippen LogP contribution < -0.4 is 0 Å². The molecule has 2 heterocycles. The van der Waals surface area contributed by atoms with Crippen molar-refractivity contribution in [3.05, 3.63) is 108 Å². The lowest BCUT2D eigenvalue weighted by Gasteiger charge is -2.23. The number of benzene rings is 3. The predicted octanol–water partition coefficient (Wildman–Crippen LogP) is 5.20. The number of hydrogen-bond acceptors (Lipinski definition) is 6. The fourth-order valence-corrected chi connectivity index (χ4v) is 4.79. The normalized spacial score (nSPS) is 23.7. The second kappa shape index (κ2) is 11.0. The van der Waals surface area contributed by atoms with Crippen LogP contribution in [-0.4, -0.2) is 36.4 Å². The van der Waals surface area contributed by atoms with Gasteiger partial charge in [-0.05, 0) is 16.7 Å². The SMILES string of the molecule is c1ccc(COC[C@H]2OC3N=C(SCc4ccccc4)O[C@@H]3[C@H]2OCc2ccccc2)cc1. The van der Waals surface area contributed by atoms with E-state index in [1.54, 1.807) is 11.8 Å². The van der Waals surface area contributed by atoms with E-state index in [4.69, 9.17) is 18.9 Å². The molecule has 1 fully saturated rings. The molecule has 0 spiro atoms. The van der Waals surface area contributed by atoms with Gasteiger partial charge in [-0.15, -0.1) is 0 Å². The van der Waals surface area contributed by atoms with Crippen molar-refractivity contribution < 1.29 is 18.9 Å². The second-order valence-corrected chi connectivity index (χ2v) is 9.01. The Kier molecular flexibility index (Phi) is 7.38. The Morgan fingerprint density at radius 1 is 0.758 bits per heavy atom. The molecule has 3 aromatic rings. The molecule has 5 nitrogen and oxygen atoms in total. The molecule has 0 aliphatic carbocycles. The van der Waals surface area contributed by atoms with Gasteiger partial charge in [-0.2, -0.15) is 0 Å². The smallest absolute Gasteiger partial charge is 0.249 e. The first kappa shape index (κ1) is 22.2. The van der Waals surface area contributed by atoms with Crippen molar-refractivity contribution >= 4 is 17.0 Å². The zero-order valence-corrected chi connectivity index (χ0v) is 19.1. The van der Waals surface area contributed by atoms with Gasteiger partial charge in [0.05, 0.1) is 19.8 Å². The maximum absolute atomic E-state index is 6.32. The van der Waals surface area contributed by atoms with Crippen molar-refractivity contribution in [1.82, 2.24) is 0 Å². The summed E-state index contributed by atoms with van der Waals surface area (Å²) in [7, 11) is 0. The van der Waals surface area contributed by atoms with Crippen molar-refractivity contribution in [3.8, 4) is 0 Å². The van der Waals surface area contributed by atoms with Crippen LogP contribution in [0.4, 0.5) is 0 Å². The summed E-state index contributed by atoms with van der Waals surface area (Å²) in [5.41, 5.74) is 3.48. The van der Waals surface area contributed by atoms with Crippen LogP contribution in [0.2, 0.25) is 0 Å². The molecule has 0 aromatic heterocycles. The molecule has 1 unspecified atom stereocenters. The van der Waals surface area contributed by atoms with Gasteiger partial charge >= 0.3 is 0 Å². The summed E-state index contributed by atoms with van der Waals surface area (Å²) < 4.78 is 24.7. The summed E-state index contributed by atoms with van der Waals surface area (Å²) in [5.74, 6) is 0.804. The average molecular weight is 462 g/mol. The first-order valence-electron chi connectivity index (χ1n) is 11.2. The van der Waals surface area contributed by atoms with Crippen molar-refractivity contribution in [1.29, 1.82) is 0 Å². The largest absolute Gasteiger partial charge is 0.462 e. The molecule has 33 heavy (non-hydrogen) atoms. The summed E-state index contributed by atoms with van der Waals surface area (Å²) in [6, 6.07) is 30.6. The van der Waals surface area contributed by atoms with E-state index in [-0.39, 0.29) is 24.5 Å². The number of nitrogens with zero attached hydrogens (tertiary/aromatic N) is 1. The number of thioether (sulfide) groups is 1. The average Bonchev–Trinajstić information content (AvgIpc) is 3.41. The number of ether oxygens (including phenoxy) is 4. The Labute approximate surface area is 198 Å². The maximum atomic E-state index is 6.32. The van der Waals surface area contributed by atoms with Crippen molar-refractivity contribution in [3.63, 3.8) is 0 Å². The highest BCUT2D eigenvalue weighted by Gasteiger charge is 2.51. The van der Waals surface area contributed by atoms with E-state index in [0.29, 0.717) is 25.1 Å². The van der Waals surface area contributed by atoms with Gasteiger partial charge < -0.3 is 18.9 Å². The zero-order chi connectivity index (χ0) is 22.3. The standard InChI is InChI=1S/C27H27NO4S/c1-4-10-20(11-5-1)16-29-18-23-24(30-17-21-12-6-2-7-13-21)25-26(31-23)28-27(32-25)33-19-22-14-8-3-9-15-22/h1-15,23-26H,16-19H2/t23-,24+,25-,26?/m1/s1. The molecule has 0 amide bonds. The van der Waals surface area contributed by atoms with Crippen LogP contribution in [0.25, 0.3) is 0 Å². The highest BCUT2D eigenvalue weighted by atomic mass is 32.2. The molecular weight excluding hydrogens is 434 g/mol. The van der Waals surface area contributed by atoms with E-state index < -0.39 is 0 Å². The van der Waals surface area contributed by atoms with E-state index in [2.05, 4.69) is 41.4 Å². The number of fused-ring (bicyclic) bond motifs is 1. The minimum Gasteiger partial charge on any atom is -0.462 e. The van der Waals surface area contributed by atoms with Crippen LogP contribution >= 0.6 is 11.8 Å². The molecule has 0 saturated carbocycles. The van der Waals surface area contributed by atoms with Crippen LogP contribution in [0.15, 0.2) is 96.0 Å². The van der Waals surface area contributed by atoms with Crippen molar-refractivity contribution in [2.75, 3.05) is 6.61 Å². The lowest BCUT2D eigenvalue weighted by Crippen LogP contribution is -2.37. The van der Waals surface area contributed by atoms with Gasteiger partial charge in [0, 0.05) is 5.75 Å². The van der Waals surface area contributed by atoms with Crippen molar-refractivity contribution in [2.24, 2.45) is 4.99 Å². The van der Waals surface area contributed by atoms with Gasteiger partial charge in [0.2, 0.25) is 5.23 Å². The minimum atomic E-state index is -0.366. The minimum absolute atomic E-state index is 0.239. The Morgan fingerprint density at radius 2 is 1.36 bits per heavy atom. The summed E-state index contributed by atoms with van der Waals surface area (Å²) in [6.07, 6.45) is -1.13. The Morgan fingerprint density at radius 3 is 2.03 bits per heavy atom. The van der Waals surface area contributed by atoms with E-state index in [1.807, 2.05) is 54.6 Å². The molecule has 3 aromatic carbocycles. The third-order valence-electron chi connectivity index (χ3n) is 5.64. The number of rotatable bonds is 9. The first-order valence-corrected chi connectivity index (χ1v) is 12.2. The molecule has 4 atom stereocenters. The molecule has 170 valence electrons. The lowest BCUT2D eigenvalue weighted by molar-refractivity contribution is -0.0772. The van der Waals surface area contributed by atoms with Crippen LogP contribution in [0, 0.1) is 0 Å². The first-order chi connectivity index (χ1) is 16.3. The molecule has 2 aliphatic rings. The topological polar surface area (TPSA) is 49.3 Å². The monoisotopic (exact) mass is 461 g/mol. The number of aliphatic imine (C=N–C) groups is 1. The zero-order valence-electron chi connectivity index (χ0n) is 18.3. The third-order valence-corrected chi connectivity index (χ3v) is 6.57.